The van der Waals surface area contributed by atoms with E-state index in [1.807, 2.05) is 49.4 Å². The number of para-hydroxylation sites is 3. The molecule has 0 bridgehead atoms. The van der Waals surface area contributed by atoms with E-state index in [9.17, 15) is 4.79 Å². The van der Waals surface area contributed by atoms with Crippen LogP contribution >= 0.6 is 11.8 Å². The van der Waals surface area contributed by atoms with Crippen molar-refractivity contribution in [2.45, 2.75) is 24.8 Å². The number of benzene rings is 2. The fourth-order valence-corrected chi connectivity index (χ4v) is 3.71. The van der Waals surface area contributed by atoms with E-state index in [0.29, 0.717) is 51.6 Å². The molecule has 142 valence electrons. The van der Waals surface area contributed by atoms with Gasteiger partial charge in [-0.1, -0.05) is 36.0 Å². The highest BCUT2D eigenvalue weighted by molar-refractivity contribution is 7.98. The number of aryl methyl sites for hydroxylation is 1. The second-order valence-corrected chi connectivity index (χ2v) is 6.90. The van der Waals surface area contributed by atoms with Gasteiger partial charge in [0, 0.05) is 6.92 Å². The number of ether oxygens (including phenoxy) is 1. The van der Waals surface area contributed by atoms with Crippen LogP contribution in [-0.2, 0) is 5.75 Å². The Balaban J connectivity index is 1.87. The first-order chi connectivity index (χ1) is 13.7. The van der Waals surface area contributed by atoms with E-state index in [1.54, 1.807) is 17.6 Å². The number of thioether (sulfide) groups is 1. The van der Waals surface area contributed by atoms with Gasteiger partial charge in [0.25, 0.3) is 5.56 Å². The largest absolute Gasteiger partial charge is 0.492 e. The third-order valence-corrected chi connectivity index (χ3v) is 4.97. The molecular weight excluding hydrogens is 376 g/mol. The molecule has 7 nitrogen and oxygen atoms in total. The molecule has 4 aromatic rings. The van der Waals surface area contributed by atoms with Crippen molar-refractivity contribution in [3.05, 3.63) is 70.7 Å². The number of hydrogen-bond donors (Lipinski definition) is 0. The van der Waals surface area contributed by atoms with Gasteiger partial charge in [-0.2, -0.15) is 0 Å². The Morgan fingerprint density at radius 2 is 1.89 bits per heavy atom. The van der Waals surface area contributed by atoms with Crippen LogP contribution in [0, 0.1) is 6.92 Å². The monoisotopic (exact) mass is 394 g/mol. The van der Waals surface area contributed by atoms with Gasteiger partial charge in [0.05, 0.1) is 29.0 Å². The Hall–Kier alpha value is -3.13. The molecule has 0 N–H and O–H groups in total. The highest BCUT2D eigenvalue weighted by Crippen LogP contribution is 2.28. The summed E-state index contributed by atoms with van der Waals surface area (Å²) in [4.78, 5) is 18.0. The van der Waals surface area contributed by atoms with Crippen LogP contribution in [-0.4, -0.2) is 26.4 Å². The highest BCUT2D eigenvalue weighted by atomic mass is 32.2. The smallest absolute Gasteiger partial charge is 0.266 e. The van der Waals surface area contributed by atoms with Gasteiger partial charge >= 0.3 is 0 Å². The maximum absolute atomic E-state index is 13.3. The molecule has 2 heterocycles. The van der Waals surface area contributed by atoms with E-state index in [1.165, 1.54) is 11.8 Å². The van der Waals surface area contributed by atoms with E-state index >= 15 is 0 Å². The highest BCUT2D eigenvalue weighted by Gasteiger charge is 2.17. The van der Waals surface area contributed by atoms with Crippen molar-refractivity contribution in [1.82, 2.24) is 19.7 Å². The number of nitrogens with zero attached hydrogens (tertiary/aromatic N) is 4. The van der Waals surface area contributed by atoms with Gasteiger partial charge in [-0.05, 0) is 31.2 Å². The van der Waals surface area contributed by atoms with E-state index in [4.69, 9.17) is 14.1 Å². The lowest BCUT2D eigenvalue weighted by Crippen LogP contribution is -2.22. The summed E-state index contributed by atoms with van der Waals surface area (Å²) in [7, 11) is 0. The van der Waals surface area contributed by atoms with Crippen molar-refractivity contribution in [3.63, 3.8) is 0 Å². The summed E-state index contributed by atoms with van der Waals surface area (Å²) in [6.07, 6.45) is 0. The molecule has 0 aliphatic heterocycles. The molecule has 0 unspecified atom stereocenters. The first-order valence-electron chi connectivity index (χ1n) is 8.83. The quantitative estimate of drug-likeness (QED) is 0.364. The van der Waals surface area contributed by atoms with Crippen LogP contribution in [0.15, 0.2) is 62.9 Å². The predicted octanol–water partition coefficient (Wildman–Crippen LogP) is 3.77. The van der Waals surface area contributed by atoms with E-state index in [-0.39, 0.29) is 5.56 Å². The Bertz CT molecular complexity index is 1190. The summed E-state index contributed by atoms with van der Waals surface area (Å²) >= 11 is 1.36. The minimum absolute atomic E-state index is 0.151. The average molecular weight is 394 g/mol. The van der Waals surface area contributed by atoms with Crippen LogP contribution in [0.1, 0.15) is 18.7 Å². The zero-order valence-corrected chi connectivity index (χ0v) is 16.3. The third-order valence-electron chi connectivity index (χ3n) is 4.04. The number of aromatic nitrogens is 4. The summed E-state index contributed by atoms with van der Waals surface area (Å²) in [5.41, 5.74) is 1.14. The van der Waals surface area contributed by atoms with Crippen LogP contribution in [0.2, 0.25) is 0 Å². The van der Waals surface area contributed by atoms with Gasteiger partial charge in [0.2, 0.25) is 11.8 Å². The van der Waals surface area contributed by atoms with Crippen LogP contribution in [0.25, 0.3) is 16.6 Å². The van der Waals surface area contributed by atoms with Crippen LogP contribution in [0.3, 0.4) is 0 Å². The minimum atomic E-state index is -0.151. The summed E-state index contributed by atoms with van der Waals surface area (Å²) < 4.78 is 12.8. The Labute approximate surface area is 165 Å². The Kier molecular flexibility index (Phi) is 5.12. The zero-order chi connectivity index (χ0) is 19.5. The van der Waals surface area contributed by atoms with Crippen molar-refractivity contribution in [1.29, 1.82) is 0 Å². The van der Waals surface area contributed by atoms with Crippen molar-refractivity contribution in [3.8, 4) is 11.4 Å². The maximum Gasteiger partial charge on any atom is 0.266 e. The number of rotatable bonds is 6. The molecule has 2 aromatic carbocycles. The van der Waals surface area contributed by atoms with Crippen molar-refractivity contribution in [2.24, 2.45) is 0 Å². The Morgan fingerprint density at radius 1 is 1.11 bits per heavy atom. The number of fused-ring (bicyclic) bond motifs is 1. The summed E-state index contributed by atoms with van der Waals surface area (Å²) in [6, 6.07) is 14.7. The molecule has 0 saturated heterocycles. The molecule has 0 amide bonds. The fraction of sp³-hybridized carbons (Fsp3) is 0.200. The standard InChI is InChI=1S/C20H18N4O3S/c1-3-26-17-11-7-6-10-16(17)24-19(25)14-8-4-5-9-15(14)21-20(24)28-12-18-23-22-13(2)27-18/h4-11H,3,12H2,1-2H3. The summed E-state index contributed by atoms with van der Waals surface area (Å²) in [5.74, 6) is 2.01. The molecule has 0 radical (unpaired) electrons. The molecule has 0 aliphatic rings. The SMILES string of the molecule is CCOc1ccccc1-n1c(SCc2nnc(C)o2)nc2ccccc2c1=O. The first-order valence-corrected chi connectivity index (χ1v) is 9.81. The maximum atomic E-state index is 13.3. The second-order valence-electron chi connectivity index (χ2n) is 5.96. The van der Waals surface area contributed by atoms with Crippen molar-refractivity contribution in [2.75, 3.05) is 6.61 Å². The molecule has 2 aromatic heterocycles. The zero-order valence-electron chi connectivity index (χ0n) is 15.5. The summed E-state index contributed by atoms with van der Waals surface area (Å²) in [6.45, 7) is 4.14. The van der Waals surface area contributed by atoms with Gasteiger partial charge in [-0.3, -0.25) is 9.36 Å². The molecule has 0 atom stereocenters. The normalized spacial score (nSPS) is 11.1. The third kappa shape index (κ3) is 3.50. The molecular formula is C20H18N4O3S. The lowest BCUT2D eigenvalue weighted by Gasteiger charge is -2.16. The second kappa shape index (κ2) is 7.85. The first kappa shape index (κ1) is 18.2. The lowest BCUT2D eigenvalue weighted by atomic mass is 10.2. The van der Waals surface area contributed by atoms with Gasteiger partial charge in [0.1, 0.15) is 5.75 Å². The van der Waals surface area contributed by atoms with Gasteiger partial charge in [-0.15, -0.1) is 10.2 Å². The van der Waals surface area contributed by atoms with Crippen LogP contribution in [0.5, 0.6) is 5.75 Å². The van der Waals surface area contributed by atoms with Crippen molar-refractivity contribution < 1.29 is 9.15 Å². The fourth-order valence-electron chi connectivity index (χ4n) is 2.86. The molecule has 28 heavy (non-hydrogen) atoms. The molecule has 0 fully saturated rings. The van der Waals surface area contributed by atoms with Gasteiger partial charge < -0.3 is 9.15 Å². The average Bonchev–Trinajstić information content (AvgIpc) is 3.13. The van der Waals surface area contributed by atoms with Gasteiger partial charge in [0.15, 0.2) is 5.16 Å². The molecule has 4 rings (SSSR count). The van der Waals surface area contributed by atoms with Crippen LogP contribution in [0.4, 0.5) is 0 Å². The van der Waals surface area contributed by atoms with E-state index in [0.717, 1.165) is 0 Å². The topological polar surface area (TPSA) is 83.0 Å². The molecule has 0 spiro atoms. The van der Waals surface area contributed by atoms with E-state index < -0.39 is 0 Å². The Morgan fingerprint density at radius 3 is 2.68 bits per heavy atom. The van der Waals surface area contributed by atoms with Crippen molar-refractivity contribution >= 4 is 22.7 Å². The number of hydrogen-bond acceptors (Lipinski definition) is 7. The molecule has 0 saturated carbocycles. The molecule has 8 heteroatoms. The van der Waals surface area contributed by atoms with Gasteiger partial charge in [-0.25, -0.2) is 4.98 Å². The summed E-state index contributed by atoms with van der Waals surface area (Å²) in [5, 5.41) is 8.95. The minimum Gasteiger partial charge on any atom is -0.492 e. The molecule has 0 aliphatic carbocycles. The lowest BCUT2D eigenvalue weighted by molar-refractivity contribution is 0.338. The van der Waals surface area contributed by atoms with E-state index in [2.05, 4.69) is 10.2 Å². The predicted molar refractivity (Wildman–Crippen MR) is 107 cm³/mol. The van der Waals surface area contributed by atoms with Crippen LogP contribution < -0.4 is 10.3 Å².